The molecule has 1 rings (SSSR count). The first-order valence-electron chi connectivity index (χ1n) is 5.63. The fraction of sp³-hybridized carbons (Fsp3) is 0.538. The van der Waals surface area contributed by atoms with E-state index in [4.69, 9.17) is 28.9 Å². The molecule has 0 aliphatic carbocycles. The summed E-state index contributed by atoms with van der Waals surface area (Å²) in [5.41, 5.74) is 6.93. The minimum Gasteiger partial charge on any atom is -0.396 e. The molecule has 1 atom stereocenters. The maximum atomic E-state index is 10.1. The Labute approximate surface area is 113 Å². The van der Waals surface area contributed by atoms with E-state index in [9.17, 15) is 5.11 Å². The monoisotopic (exact) mass is 275 g/mol. The van der Waals surface area contributed by atoms with Crippen molar-refractivity contribution in [2.24, 2.45) is 5.41 Å². The number of nitrogen functional groups attached to an aromatic ring is 1. The number of benzene rings is 1. The van der Waals surface area contributed by atoms with Gasteiger partial charge in [-0.2, -0.15) is 0 Å². The largest absolute Gasteiger partial charge is 0.396 e. The van der Waals surface area contributed by atoms with E-state index < -0.39 is 6.10 Å². The molecule has 0 fully saturated rings. The van der Waals surface area contributed by atoms with E-state index in [2.05, 4.69) is 20.8 Å². The van der Waals surface area contributed by atoms with Crippen molar-refractivity contribution in [2.75, 3.05) is 5.73 Å². The highest BCUT2D eigenvalue weighted by Crippen LogP contribution is 2.34. The van der Waals surface area contributed by atoms with E-state index in [-0.39, 0.29) is 5.41 Å². The first-order chi connectivity index (χ1) is 7.70. The van der Waals surface area contributed by atoms with Crippen LogP contribution in [0.2, 0.25) is 10.0 Å². The van der Waals surface area contributed by atoms with Gasteiger partial charge < -0.3 is 10.8 Å². The van der Waals surface area contributed by atoms with Gasteiger partial charge in [0.1, 0.15) is 0 Å². The number of aliphatic hydroxyl groups is 1. The van der Waals surface area contributed by atoms with Gasteiger partial charge >= 0.3 is 0 Å². The molecular formula is C13H19Cl2NO. The van der Waals surface area contributed by atoms with Crippen molar-refractivity contribution in [2.45, 2.75) is 39.7 Å². The summed E-state index contributed by atoms with van der Waals surface area (Å²) in [5.74, 6) is 0. The number of halogens is 2. The fourth-order valence-electron chi connectivity index (χ4n) is 1.53. The number of rotatable bonds is 3. The van der Waals surface area contributed by atoms with Gasteiger partial charge in [-0.25, -0.2) is 0 Å². The van der Waals surface area contributed by atoms with Crippen LogP contribution in [0.4, 0.5) is 5.69 Å². The normalized spacial score (nSPS) is 13.8. The molecule has 0 saturated heterocycles. The predicted molar refractivity (Wildman–Crippen MR) is 74.5 cm³/mol. The Morgan fingerprint density at radius 2 is 1.71 bits per heavy atom. The van der Waals surface area contributed by atoms with Crippen LogP contribution < -0.4 is 5.73 Å². The number of hydrogen-bond donors (Lipinski definition) is 2. The summed E-state index contributed by atoms with van der Waals surface area (Å²) in [6, 6.07) is 3.35. The van der Waals surface area contributed by atoms with Crippen molar-refractivity contribution in [1.82, 2.24) is 0 Å². The van der Waals surface area contributed by atoms with Crippen molar-refractivity contribution in [3.63, 3.8) is 0 Å². The molecule has 1 aromatic rings. The summed E-state index contributed by atoms with van der Waals surface area (Å²) < 4.78 is 0. The Bertz CT molecular complexity index is 376. The maximum Gasteiger partial charge on any atom is 0.0791 e. The topological polar surface area (TPSA) is 46.2 Å². The first-order valence-corrected chi connectivity index (χ1v) is 6.39. The second-order valence-electron chi connectivity index (χ2n) is 5.51. The van der Waals surface area contributed by atoms with Gasteiger partial charge in [0.15, 0.2) is 0 Å². The highest BCUT2D eigenvalue weighted by Gasteiger charge is 2.16. The molecule has 0 spiro atoms. The lowest BCUT2D eigenvalue weighted by molar-refractivity contribution is 0.147. The van der Waals surface area contributed by atoms with Crippen molar-refractivity contribution in [1.29, 1.82) is 0 Å². The first kappa shape index (κ1) is 14.6. The number of hydrogen-bond acceptors (Lipinski definition) is 2. The Balaban J connectivity index is 2.79. The summed E-state index contributed by atoms with van der Waals surface area (Å²) in [4.78, 5) is 0. The van der Waals surface area contributed by atoms with Gasteiger partial charge in [0.05, 0.1) is 21.8 Å². The highest BCUT2D eigenvalue weighted by atomic mass is 35.5. The number of aliphatic hydroxyl groups excluding tert-OH is 1. The van der Waals surface area contributed by atoms with Crippen LogP contribution in [0, 0.1) is 5.41 Å². The van der Waals surface area contributed by atoms with Crippen molar-refractivity contribution < 1.29 is 5.11 Å². The molecule has 0 amide bonds. The maximum absolute atomic E-state index is 10.1. The van der Waals surface area contributed by atoms with E-state index in [1.54, 1.807) is 12.1 Å². The van der Waals surface area contributed by atoms with Crippen LogP contribution in [0.5, 0.6) is 0 Å². The lowest BCUT2D eigenvalue weighted by Crippen LogP contribution is -2.08. The van der Waals surface area contributed by atoms with Crippen LogP contribution in [0.3, 0.4) is 0 Å². The van der Waals surface area contributed by atoms with Gasteiger partial charge in [-0.05, 0) is 36.0 Å². The SMILES string of the molecule is CC(C)(C)CCC(O)c1cc(Cl)c(N)c(Cl)c1. The quantitative estimate of drug-likeness (QED) is 0.802. The zero-order chi connectivity index (χ0) is 13.2. The molecule has 0 aliphatic heterocycles. The molecule has 0 radical (unpaired) electrons. The van der Waals surface area contributed by atoms with E-state index in [0.717, 1.165) is 12.0 Å². The van der Waals surface area contributed by atoms with Crippen LogP contribution >= 0.6 is 23.2 Å². The zero-order valence-electron chi connectivity index (χ0n) is 10.4. The zero-order valence-corrected chi connectivity index (χ0v) is 11.9. The van der Waals surface area contributed by atoms with Gasteiger partial charge in [-0.1, -0.05) is 44.0 Å². The summed E-state index contributed by atoms with van der Waals surface area (Å²) in [7, 11) is 0. The van der Waals surface area contributed by atoms with Gasteiger partial charge in [-0.3, -0.25) is 0 Å². The molecule has 96 valence electrons. The Morgan fingerprint density at radius 3 is 2.12 bits per heavy atom. The van der Waals surface area contributed by atoms with E-state index in [1.165, 1.54) is 0 Å². The van der Waals surface area contributed by atoms with Gasteiger partial charge in [0, 0.05) is 0 Å². The highest BCUT2D eigenvalue weighted by molar-refractivity contribution is 6.38. The average Bonchev–Trinajstić information content (AvgIpc) is 2.20. The van der Waals surface area contributed by atoms with E-state index in [1.807, 2.05) is 0 Å². The fourth-order valence-corrected chi connectivity index (χ4v) is 2.04. The minimum atomic E-state index is -0.551. The van der Waals surface area contributed by atoms with Crippen LogP contribution in [0.1, 0.15) is 45.3 Å². The van der Waals surface area contributed by atoms with E-state index in [0.29, 0.717) is 22.2 Å². The molecule has 2 nitrogen and oxygen atoms in total. The van der Waals surface area contributed by atoms with Crippen LogP contribution in [0.25, 0.3) is 0 Å². The second-order valence-corrected chi connectivity index (χ2v) is 6.33. The lowest BCUT2D eigenvalue weighted by atomic mass is 9.88. The smallest absolute Gasteiger partial charge is 0.0791 e. The van der Waals surface area contributed by atoms with Crippen molar-refractivity contribution in [3.05, 3.63) is 27.7 Å². The molecule has 0 aliphatic rings. The Kier molecular flexibility index (Phi) is 4.70. The van der Waals surface area contributed by atoms with Crippen molar-refractivity contribution >= 4 is 28.9 Å². The Morgan fingerprint density at radius 1 is 1.24 bits per heavy atom. The third-order valence-corrected chi connectivity index (χ3v) is 3.28. The van der Waals surface area contributed by atoms with Gasteiger partial charge in [0.2, 0.25) is 0 Å². The molecule has 0 bridgehead atoms. The molecular weight excluding hydrogens is 257 g/mol. The van der Waals surface area contributed by atoms with Crippen LogP contribution in [-0.2, 0) is 0 Å². The summed E-state index contributed by atoms with van der Waals surface area (Å²) in [6.07, 6.45) is 1.05. The molecule has 17 heavy (non-hydrogen) atoms. The third-order valence-electron chi connectivity index (χ3n) is 2.65. The molecule has 0 aromatic heterocycles. The van der Waals surface area contributed by atoms with Crippen LogP contribution in [0.15, 0.2) is 12.1 Å². The summed E-state index contributed by atoms with van der Waals surface area (Å²) in [6.45, 7) is 6.42. The summed E-state index contributed by atoms with van der Waals surface area (Å²) in [5, 5.41) is 10.8. The predicted octanol–water partition coefficient (Wildman–Crippen LogP) is 4.44. The summed E-state index contributed by atoms with van der Waals surface area (Å²) >= 11 is 11.9. The number of anilines is 1. The Hall–Kier alpha value is -0.440. The number of nitrogens with two attached hydrogens (primary N) is 1. The third kappa shape index (κ3) is 4.38. The average molecular weight is 276 g/mol. The second kappa shape index (κ2) is 5.47. The van der Waals surface area contributed by atoms with Gasteiger partial charge in [0.25, 0.3) is 0 Å². The molecule has 3 N–H and O–H groups in total. The molecule has 0 heterocycles. The van der Waals surface area contributed by atoms with Crippen LogP contribution in [-0.4, -0.2) is 5.11 Å². The minimum absolute atomic E-state index is 0.197. The van der Waals surface area contributed by atoms with Gasteiger partial charge in [-0.15, -0.1) is 0 Å². The van der Waals surface area contributed by atoms with Crippen molar-refractivity contribution in [3.8, 4) is 0 Å². The standard InChI is InChI=1S/C13H19Cl2NO/c1-13(2,3)5-4-11(17)8-6-9(14)12(16)10(15)7-8/h6-7,11,17H,4-5,16H2,1-3H3. The molecule has 4 heteroatoms. The lowest BCUT2D eigenvalue weighted by Gasteiger charge is -2.21. The molecule has 1 unspecified atom stereocenters. The molecule has 1 aromatic carbocycles. The molecule has 0 saturated carbocycles. The van der Waals surface area contributed by atoms with E-state index >= 15 is 0 Å².